The Morgan fingerprint density at radius 2 is 1.94 bits per heavy atom. The van der Waals surface area contributed by atoms with E-state index in [4.69, 9.17) is 14.7 Å². The molecule has 10 nitrogen and oxygen atoms in total. The standard InChI is InChI=1S/C37H49F2N7O3/c1-22(2)49-17-16-46-31-20-27(39)25(35(47)44-30-21-40-14-12-26(30)38)19-29(31)43-34(46)32-18-24-10-11-28-23(3)41-36(48)37(4,5)13-8-6-7-9-15-45(32)33(24)42-28/h10-11,18-20,22-23,26,30,40H,6-9,12-17,21H2,1-5H3,(H,41,48)(H,44,47)/t23-,26+,30+/m1/s1. The second kappa shape index (κ2) is 14.5. The van der Waals surface area contributed by atoms with Gasteiger partial charge in [-0.05, 0) is 70.8 Å². The predicted molar refractivity (Wildman–Crippen MR) is 187 cm³/mol. The molecule has 12 heteroatoms. The Kier molecular flexibility index (Phi) is 10.4. The Morgan fingerprint density at radius 1 is 1.14 bits per heavy atom. The molecule has 49 heavy (non-hydrogen) atoms. The molecule has 264 valence electrons. The van der Waals surface area contributed by atoms with Crippen molar-refractivity contribution < 1.29 is 23.1 Å². The number of nitrogens with one attached hydrogen (secondary N) is 3. The fourth-order valence-corrected chi connectivity index (χ4v) is 6.90. The number of nitrogens with zero attached hydrogens (tertiary/aromatic N) is 4. The van der Waals surface area contributed by atoms with E-state index in [9.17, 15) is 14.0 Å². The summed E-state index contributed by atoms with van der Waals surface area (Å²) in [7, 11) is 0. The zero-order valence-electron chi connectivity index (χ0n) is 29.2. The number of ether oxygens (including phenoxy) is 1. The summed E-state index contributed by atoms with van der Waals surface area (Å²) in [5.74, 6) is -0.733. The summed E-state index contributed by atoms with van der Waals surface area (Å²) in [6.07, 6.45) is 3.77. The Bertz CT molecular complexity index is 1830. The van der Waals surface area contributed by atoms with Crippen molar-refractivity contribution in [3.8, 4) is 11.5 Å². The van der Waals surface area contributed by atoms with Crippen LogP contribution in [0, 0.1) is 11.2 Å². The van der Waals surface area contributed by atoms with E-state index in [1.165, 1.54) is 12.1 Å². The minimum atomic E-state index is -1.20. The predicted octanol–water partition coefficient (Wildman–Crippen LogP) is 6.21. The SMILES string of the molecule is CC(C)OCCn1c(-c2cc3ccc4nc3n2CCCCCCC(C)(C)C(=O)N[C@@H]4C)nc2cc(C(=O)N[C@H]3CNCC[C@@H]3F)c(F)cc21. The number of carbonyl (C=O) groups excluding carboxylic acids is 2. The first-order valence-electron chi connectivity index (χ1n) is 17.7. The average Bonchev–Trinajstić information content (AvgIpc) is 3.59. The lowest BCUT2D eigenvalue weighted by atomic mass is 9.85. The van der Waals surface area contributed by atoms with Gasteiger partial charge in [-0.2, -0.15) is 0 Å². The molecule has 0 spiro atoms. The van der Waals surface area contributed by atoms with Crippen LogP contribution in [-0.2, 0) is 22.6 Å². The smallest absolute Gasteiger partial charge is 0.254 e. The maximum Gasteiger partial charge on any atom is 0.254 e. The molecule has 2 aliphatic rings. The van der Waals surface area contributed by atoms with Crippen molar-refractivity contribution in [2.75, 3.05) is 19.7 Å². The second-order valence-electron chi connectivity index (χ2n) is 14.5. The molecule has 2 amide bonds. The highest BCUT2D eigenvalue weighted by atomic mass is 19.1. The summed E-state index contributed by atoms with van der Waals surface area (Å²) in [5.41, 5.74) is 2.73. The molecule has 0 radical (unpaired) electrons. The van der Waals surface area contributed by atoms with Gasteiger partial charge in [0.05, 0.1) is 52.8 Å². The van der Waals surface area contributed by atoms with Gasteiger partial charge in [0.2, 0.25) is 5.91 Å². The number of hydrogen-bond acceptors (Lipinski definition) is 6. The number of hydrogen-bond donors (Lipinski definition) is 3. The average molecular weight is 678 g/mol. The van der Waals surface area contributed by atoms with Crippen LogP contribution in [0.15, 0.2) is 30.3 Å². The van der Waals surface area contributed by atoms with E-state index in [0.717, 1.165) is 54.5 Å². The van der Waals surface area contributed by atoms with E-state index in [1.807, 2.05) is 51.3 Å². The Hall–Kier alpha value is -3.90. The number of carbonyl (C=O) groups is 2. The highest BCUT2D eigenvalue weighted by molar-refractivity contribution is 5.98. The van der Waals surface area contributed by atoms with Crippen LogP contribution in [0.1, 0.15) is 95.2 Å². The van der Waals surface area contributed by atoms with Crippen LogP contribution < -0.4 is 16.0 Å². The van der Waals surface area contributed by atoms with Crippen LogP contribution in [0.3, 0.4) is 0 Å². The Balaban J connectivity index is 1.44. The molecule has 2 aliphatic heterocycles. The molecular formula is C37H49F2N7O3. The molecule has 3 aromatic heterocycles. The maximum absolute atomic E-state index is 15.7. The lowest BCUT2D eigenvalue weighted by Gasteiger charge is -2.27. The fourth-order valence-electron chi connectivity index (χ4n) is 6.90. The summed E-state index contributed by atoms with van der Waals surface area (Å²) in [6.45, 7) is 12.2. The van der Waals surface area contributed by atoms with Crippen LogP contribution in [0.2, 0.25) is 0 Å². The van der Waals surface area contributed by atoms with E-state index >= 15 is 4.39 Å². The third kappa shape index (κ3) is 7.50. The Morgan fingerprint density at radius 3 is 2.71 bits per heavy atom. The minimum absolute atomic E-state index is 0.00726. The molecule has 1 aromatic carbocycles. The molecule has 0 unspecified atom stereocenters. The number of pyridine rings is 1. The molecule has 3 atom stereocenters. The molecule has 1 saturated heterocycles. The van der Waals surface area contributed by atoms with Crippen molar-refractivity contribution in [1.29, 1.82) is 0 Å². The number of halogens is 2. The second-order valence-corrected chi connectivity index (χ2v) is 14.5. The highest BCUT2D eigenvalue weighted by Crippen LogP contribution is 2.33. The van der Waals surface area contributed by atoms with Crippen molar-refractivity contribution >= 4 is 33.9 Å². The van der Waals surface area contributed by atoms with Crippen LogP contribution in [0.5, 0.6) is 0 Å². The summed E-state index contributed by atoms with van der Waals surface area (Å²) in [5, 5.41) is 9.86. The van der Waals surface area contributed by atoms with Crippen LogP contribution in [0.25, 0.3) is 33.6 Å². The van der Waals surface area contributed by atoms with E-state index in [-0.39, 0.29) is 36.6 Å². The number of imidazole rings is 1. The van der Waals surface area contributed by atoms with Gasteiger partial charge >= 0.3 is 0 Å². The Labute approximate surface area is 286 Å². The van der Waals surface area contributed by atoms with Crippen LogP contribution in [-0.4, -0.2) is 68.9 Å². The number of piperidine rings is 1. The first kappa shape index (κ1) is 34.9. The van der Waals surface area contributed by atoms with Gasteiger partial charge in [0.25, 0.3) is 5.91 Å². The zero-order chi connectivity index (χ0) is 34.9. The molecule has 0 saturated carbocycles. The fraction of sp³-hybridized carbons (Fsp3) is 0.568. The normalized spacial score (nSPS) is 22.0. The van der Waals surface area contributed by atoms with Gasteiger partial charge in [0.15, 0.2) is 5.82 Å². The van der Waals surface area contributed by atoms with Crippen LogP contribution in [0.4, 0.5) is 8.78 Å². The number of benzene rings is 1. The summed E-state index contributed by atoms with van der Waals surface area (Å²) < 4.78 is 40.3. The van der Waals surface area contributed by atoms with Gasteiger partial charge in [-0.3, -0.25) is 9.59 Å². The van der Waals surface area contributed by atoms with E-state index in [1.54, 1.807) is 0 Å². The largest absolute Gasteiger partial charge is 0.377 e. The maximum atomic E-state index is 15.7. The lowest BCUT2D eigenvalue weighted by Crippen LogP contribution is -2.52. The first-order valence-corrected chi connectivity index (χ1v) is 17.7. The number of aryl methyl sites for hydroxylation is 1. The summed E-state index contributed by atoms with van der Waals surface area (Å²) >= 11 is 0. The minimum Gasteiger partial charge on any atom is -0.377 e. The van der Waals surface area contributed by atoms with Gasteiger partial charge < -0.3 is 29.8 Å². The van der Waals surface area contributed by atoms with Crippen molar-refractivity contribution in [3.05, 3.63) is 47.4 Å². The van der Waals surface area contributed by atoms with E-state index < -0.39 is 29.4 Å². The monoisotopic (exact) mass is 677 g/mol. The van der Waals surface area contributed by atoms with Crippen molar-refractivity contribution in [1.82, 2.24) is 35.1 Å². The molecule has 0 aliphatic carbocycles. The summed E-state index contributed by atoms with van der Waals surface area (Å²) in [4.78, 5) is 36.5. The number of alkyl halides is 1. The lowest BCUT2D eigenvalue weighted by molar-refractivity contribution is -0.130. The van der Waals surface area contributed by atoms with Crippen molar-refractivity contribution in [2.45, 2.75) is 111 Å². The van der Waals surface area contributed by atoms with Gasteiger partial charge in [-0.15, -0.1) is 0 Å². The molecule has 1 fully saturated rings. The third-order valence-electron chi connectivity index (χ3n) is 9.90. The van der Waals surface area contributed by atoms with Gasteiger partial charge in [-0.25, -0.2) is 18.7 Å². The molecule has 4 aromatic rings. The van der Waals surface area contributed by atoms with E-state index in [0.29, 0.717) is 43.1 Å². The first-order chi connectivity index (χ1) is 23.4. The number of rotatable bonds is 7. The molecular weight excluding hydrogens is 628 g/mol. The molecule has 6 rings (SSSR count). The van der Waals surface area contributed by atoms with Crippen LogP contribution >= 0.6 is 0 Å². The molecule has 5 heterocycles. The zero-order valence-corrected chi connectivity index (χ0v) is 29.2. The number of amides is 2. The number of fused-ring (bicyclic) bond motifs is 2. The summed E-state index contributed by atoms with van der Waals surface area (Å²) in [6, 6.07) is 7.81. The van der Waals surface area contributed by atoms with Gasteiger partial charge in [-0.1, -0.05) is 33.1 Å². The molecule has 3 N–H and O–H groups in total. The van der Waals surface area contributed by atoms with Crippen molar-refractivity contribution in [2.24, 2.45) is 5.41 Å². The third-order valence-corrected chi connectivity index (χ3v) is 9.90. The molecule has 2 bridgehead atoms. The van der Waals surface area contributed by atoms with Gasteiger partial charge in [0.1, 0.15) is 17.6 Å². The highest BCUT2D eigenvalue weighted by Gasteiger charge is 2.30. The quantitative estimate of drug-likeness (QED) is 0.214. The topological polar surface area (TPSA) is 115 Å². The van der Waals surface area contributed by atoms with Gasteiger partial charge in [0, 0.05) is 36.5 Å². The van der Waals surface area contributed by atoms with E-state index in [2.05, 4.69) is 26.6 Å². The number of aromatic nitrogens is 4. The van der Waals surface area contributed by atoms with Crippen molar-refractivity contribution in [3.63, 3.8) is 0 Å².